The summed E-state index contributed by atoms with van der Waals surface area (Å²) in [5, 5.41) is 28.7. The van der Waals surface area contributed by atoms with Crippen LogP contribution in [-0.4, -0.2) is 59.8 Å². The number of rotatable bonds is 2. The summed E-state index contributed by atoms with van der Waals surface area (Å²) in [6.45, 7) is -0.390. The minimum atomic E-state index is -1.19. The van der Waals surface area contributed by atoms with Gasteiger partial charge in [0.2, 0.25) is 0 Å². The SMILES string of the molecule is Nc1ncnc2c1ncn2C1O[C@H](CO)[C@@H](O)[C@@H]1O. The molecule has 1 aliphatic rings. The van der Waals surface area contributed by atoms with Gasteiger partial charge in [-0.25, -0.2) is 15.0 Å². The molecule has 1 aliphatic heterocycles. The van der Waals surface area contributed by atoms with Crippen LogP contribution in [0.5, 0.6) is 0 Å². The van der Waals surface area contributed by atoms with Crippen LogP contribution in [-0.2, 0) is 4.74 Å². The first-order chi connectivity index (χ1) is 9.13. The molecule has 0 radical (unpaired) electrons. The number of hydrogen-bond acceptors (Lipinski definition) is 8. The van der Waals surface area contributed by atoms with Gasteiger partial charge in [-0.1, -0.05) is 0 Å². The molecule has 4 atom stereocenters. The zero-order valence-corrected chi connectivity index (χ0v) is 9.79. The molecule has 3 rings (SSSR count). The second-order valence-electron chi connectivity index (χ2n) is 4.31. The summed E-state index contributed by atoms with van der Waals surface area (Å²) in [5.41, 5.74) is 6.44. The molecular formula is C10H13N5O4. The van der Waals surface area contributed by atoms with Crippen molar-refractivity contribution in [2.24, 2.45) is 0 Å². The molecule has 0 spiro atoms. The van der Waals surface area contributed by atoms with Gasteiger partial charge in [0.05, 0.1) is 12.9 Å². The Kier molecular flexibility index (Phi) is 2.82. The van der Waals surface area contributed by atoms with Gasteiger partial charge in [0.15, 0.2) is 17.7 Å². The molecule has 2 aromatic rings. The van der Waals surface area contributed by atoms with Crippen LogP contribution in [0.1, 0.15) is 6.23 Å². The molecule has 9 nitrogen and oxygen atoms in total. The number of nitrogens with zero attached hydrogens (tertiary/aromatic N) is 4. The number of aromatic nitrogens is 4. The van der Waals surface area contributed by atoms with E-state index in [1.807, 2.05) is 0 Å². The molecule has 1 fully saturated rings. The molecule has 2 aromatic heterocycles. The maximum Gasteiger partial charge on any atom is 0.167 e. The van der Waals surface area contributed by atoms with E-state index >= 15 is 0 Å². The highest BCUT2D eigenvalue weighted by Gasteiger charge is 2.43. The summed E-state index contributed by atoms with van der Waals surface area (Å²) < 4.78 is 6.85. The van der Waals surface area contributed by atoms with E-state index in [2.05, 4.69) is 15.0 Å². The molecule has 1 unspecified atom stereocenters. The van der Waals surface area contributed by atoms with Crippen LogP contribution >= 0.6 is 0 Å². The van der Waals surface area contributed by atoms with Crippen molar-refractivity contribution in [2.45, 2.75) is 24.5 Å². The number of anilines is 1. The topological polar surface area (TPSA) is 140 Å². The summed E-state index contributed by atoms with van der Waals surface area (Å²) in [4.78, 5) is 11.9. The summed E-state index contributed by atoms with van der Waals surface area (Å²) in [6.07, 6.45) is -1.42. The summed E-state index contributed by atoms with van der Waals surface area (Å²) in [7, 11) is 0. The lowest BCUT2D eigenvalue weighted by Crippen LogP contribution is -2.33. The number of ether oxygens (including phenoxy) is 1. The highest BCUT2D eigenvalue weighted by atomic mass is 16.6. The van der Waals surface area contributed by atoms with Gasteiger partial charge in [-0.15, -0.1) is 0 Å². The van der Waals surface area contributed by atoms with Crippen LogP contribution in [0.15, 0.2) is 12.7 Å². The lowest BCUT2D eigenvalue weighted by molar-refractivity contribution is -0.0511. The Hall–Kier alpha value is -1.81. The molecule has 5 N–H and O–H groups in total. The first-order valence-electron chi connectivity index (χ1n) is 5.69. The maximum absolute atomic E-state index is 9.95. The lowest BCUT2D eigenvalue weighted by Gasteiger charge is -2.16. The number of aliphatic hydroxyl groups is 3. The Morgan fingerprint density at radius 3 is 2.74 bits per heavy atom. The first-order valence-corrected chi connectivity index (χ1v) is 5.69. The quantitative estimate of drug-likeness (QED) is 0.491. The van der Waals surface area contributed by atoms with Crippen LogP contribution in [0.2, 0.25) is 0 Å². The van der Waals surface area contributed by atoms with Crippen LogP contribution < -0.4 is 5.73 Å². The Morgan fingerprint density at radius 1 is 1.26 bits per heavy atom. The maximum atomic E-state index is 9.95. The first kappa shape index (κ1) is 12.2. The number of aliphatic hydroxyl groups excluding tert-OH is 3. The molecule has 19 heavy (non-hydrogen) atoms. The van der Waals surface area contributed by atoms with Gasteiger partial charge in [0.25, 0.3) is 0 Å². The zero-order valence-electron chi connectivity index (χ0n) is 9.79. The van der Waals surface area contributed by atoms with Crippen LogP contribution in [0.4, 0.5) is 5.82 Å². The van der Waals surface area contributed by atoms with E-state index in [1.165, 1.54) is 17.2 Å². The molecule has 0 aromatic carbocycles. The number of hydrogen-bond donors (Lipinski definition) is 4. The Labute approximate surface area is 107 Å². The minimum absolute atomic E-state index is 0.218. The second kappa shape index (κ2) is 4.38. The minimum Gasteiger partial charge on any atom is -0.394 e. The fraction of sp³-hybridized carbons (Fsp3) is 0.500. The third-order valence-electron chi connectivity index (χ3n) is 3.18. The van der Waals surface area contributed by atoms with Crippen molar-refractivity contribution in [2.75, 3.05) is 12.3 Å². The highest BCUT2D eigenvalue weighted by molar-refractivity contribution is 5.81. The molecule has 1 saturated heterocycles. The number of nitrogens with two attached hydrogens (primary N) is 1. The Balaban J connectivity index is 2.04. The van der Waals surface area contributed by atoms with Gasteiger partial charge in [0, 0.05) is 0 Å². The second-order valence-corrected chi connectivity index (χ2v) is 4.31. The summed E-state index contributed by atoms with van der Waals surface area (Å²) in [6, 6.07) is 0. The van der Waals surface area contributed by atoms with Crippen molar-refractivity contribution in [3.05, 3.63) is 12.7 Å². The molecule has 9 heteroatoms. The zero-order chi connectivity index (χ0) is 13.6. The van der Waals surface area contributed by atoms with E-state index in [-0.39, 0.29) is 5.82 Å². The molecule has 0 bridgehead atoms. The lowest BCUT2D eigenvalue weighted by atomic mass is 10.1. The van der Waals surface area contributed by atoms with E-state index in [1.54, 1.807) is 0 Å². The van der Waals surface area contributed by atoms with Gasteiger partial charge >= 0.3 is 0 Å². The van der Waals surface area contributed by atoms with Crippen molar-refractivity contribution in [1.82, 2.24) is 19.5 Å². The van der Waals surface area contributed by atoms with Crippen LogP contribution in [0.3, 0.4) is 0 Å². The van der Waals surface area contributed by atoms with Crippen molar-refractivity contribution >= 4 is 17.0 Å². The molecule has 0 aliphatic carbocycles. The van der Waals surface area contributed by atoms with E-state index in [0.29, 0.717) is 11.2 Å². The summed E-state index contributed by atoms with van der Waals surface area (Å²) >= 11 is 0. The van der Waals surface area contributed by atoms with Crippen molar-refractivity contribution in [3.63, 3.8) is 0 Å². The van der Waals surface area contributed by atoms with Crippen molar-refractivity contribution in [3.8, 4) is 0 Å². The number of fused-ring (bicyclic) bond motifs is 1. The number of nitrogen functional groups attached to an aromatic ring is 1. The Bertz CT molecular complexity index is 603. The molecule has 102 valence electrons. The third kappa shape index (κ3) is 1.75. The molecule has 0 amide bonds. The standard InChI is InChI=1S/C10H13N5O4/c11-8-5-9(13-2-12-8)15(3-14-5)10-7(18)6(17)4(1-16)19-10/h2-4,6-7,10,16-18H,1H2,(H2,11,12,13)/t4-,6-,7+,10?/m1/s1. The van der Waals surface area contributed by atoms with E-state index in [0.717, 1.165) is 0 Å². The smallest absolute Gasteiger partial charge is 0.167 e. The van der Waals surface area contributed by atoms with E-state index in [4.69, 9.17) is 15.6 Å². The predicted octanol–water partition coefficient (Wildman–Crippen LogP) is -1.98. The van der Waals surface area contributed by atoms with Gasteiger partial charge in [0.1, 0.15) is 30.2 Å². The Morgan fingerprint density at radius 2 is 2.05 bits per heavy atom. The predicted molar refractivity (Wildman–Crippen MR) is 62.7 cm³/mol. The third-order valence-corrected chi connectivity index (χ3v) is 3.18. The normalized spacial score (nSPS) is 31.1. The van der Waals surface area contributed by atoms with Gasteiger partial charge in [-0.3, -0.25) is 4.57 Å². The number of imidazole rings is 1. The van der Waals surface area contributed by atoms with Crippen LogP contribution in [0.25, 0.3) is 11.2 Å². The fourth-order valence-corrected chi connectivity index (χ4v) is 2.17. The van der Waals surface area contributed by atoms with Crippen molar-refractivity contribution < 1.29 is 20.1 Å². The van der Waals surface area contributed by atoms with Crippen molar-refractivity contribution in [1.29, 1.82) is 0 Å². The molecule has 3 heterocycles. The summed E-state index contributed by atoms with van der Waals surface area (Å²) in [5.74, 6) is 0.218. The monoisotopic (exact) mass is 267 g/mol. The molecule has 0 saturated carbocycles. The van der Waals surface area contributed by atoms with Crippen LogP contribution in [0, 0.1) is 0 Å². The van der Waals surface area contributed by atoms with E-state index in [9.17, 15) is 10.2 Å². The van der Waals surface area contributed by atoms with Gasteiger partial charge in [-0.2, -0.15) is 0 Å². The van der Waals surface area contributed by atoms with Gasteiger partial charge in [-0.05, 0) is 0 Å². The van der Waals surface area contributed by atoms with E-state index < -0.39 is 31.1 Å². The van der Waals surface area contributed by atoms with Gasteiger partial charge < -0.3 is 25.8 Å². The average Bonchev–Trinajstić information content (AvgIpc) is 2.94. The highest BCUT2D eigenvalue weighted by Crippen LogP contribution is 2.31. The largest absolute Gasteiger partial charge is 0.394 e. The average molecular weight is 267 g/mol. The fourth-order valence-electron chi connectivity index (χ4n) is 2.17. The molecular weight excluding hydrogens is 254 g/mol.